The molecule has 3 heterocycles. The lowest BCUT2D eigenvalue weighted by atomic mass is 9.99. The van der Waals surface area contributed by atoms with E-state index in [1.165, 1.54) is 0 Å². The van der Waals surface area contributed by atoms with Crippen LogP contribution in [0.5, 0.6) is 0 Å². The van der Waals surface area contributed by atoms with Crippen LogP contribution in [0.4, 0.5) is 0 Å². The Morgan fingerprint density at radius 2 is 2.08 bits per heavy atom. The highest BCUT2D eigenvalue weighted by Crippen LogP contribution is 2.23. The van der Waals surface area contributed by atoms with Crippen molar-refractivity contribution < 1.29 is 5.11 Å². The molecule has 1 fully saturated rings. The van der Waals surface area contributed by atoms with E-state index in [4.69, 9.17) is 4.98 Å². The molecule has 2 atom stereocenters. The van der Waals surface area contributed by atoms with E-state index >= 15 is 0 Å². The van der Waals surface area contributed by atoms with Crippen molar-refractivity contribution in [1.82, 2.24) is 19.9 Å². The summed E-state index contributed by atoms with van der Waals surface area (Å²) < 4.78 is 0. The monoisotopic (exact) mass is 322 g/mol. The molecule has 0 amide bonds. The highest BCUT2D eigenvalue weighted by atomic mass is 16.3. The first-order valence-corrected chi connectivity index (χ1v) is 8.43. The summed E-state index contributed by atoms with van der Waals surface area (Å²) in [5.41, 5.74) is 4.23. The number of aryl methyl sites for hydroxylation is 1. The second-order valence-corrected chi connectivity index (χ2v) is 6.70. The molecule has 2 N–H and O–H groups in total. The third-order valence-corrected chi connectivity index (χ3v) is 4.92. The molecule has 24 heavy (non-hydrogen) atoms. The number of aliphatic hydroxyl groups excluding tert-OH is 1. The molecule has 0 unspecified atom stereocenters. The number of likely N-dealkylation sites (tertiary alicyclic amines) is 1. The summed E-state index contributed by atoms with van der Waals surface area (Å²) in [5, 5.41) is 11.6. The number of aliphatic hydroxyl groups is 1. The molecular formula is C19H22N4O. The van der Waals surface area contributed by atoms with Crippen molar-refractivity contribution in [1.29, 1.82) is 0 Å². The molecule has 0 radical (unpaired) electrons. The number of H-pyrrole nitrogens is 1. The van der Waals surface area contributed by atoms with Gasteiger partial charge in [-0.2, -0.15) is 0 Å². The Kier molecular flexibility index (Phi) is 4.04. The summed E-state index contributed by atoms with van der Waals surface area (Å²) in [4.78, 5) is 14.5. The van der Waals surface area contributed by atoms with Crippen LogP contribution in [0.1, 0.15) is 17.1 Å². The quantitative estimate of drug-likeness (QED) is 0.773. The van der Waals surface area contributed by atoms with Gasteiger partial charge in [-0.3, -0.25) is 9.88 Å². The van der Waals surface area contributed by atoms with E-state index in [0.29, 0.717) is 6.54 Å². The number of aromatic nitrogens is 3. The Morgan fingerprint density at radius 1 is 1.21 bits per heavy atom. The number of β-amino-alcohol motifs (C(OH)–C–C–N with tert-alkyl or cyclic N) is 1. The molecule has 0 spiro atoms. The molecule has 1 aromatic carbocycles. The molecule has 3 aromatic rings. The summed E-state index contributed by atoms with van der Waals surface area (Å²) >= 11 is 0. The van der Waals surface area contributed by atoms with Crippen LogP contribution >= 0.6 is 0 Å². The van der Waals surface area contributed by atoms with E-state index in [-0.39, 0.29) is 12.0 Å². The second kappa shape index (κ2) is 6.34. The molecule has 0 aliphatic carbocycles. The minimum absolute atomic E-state index is 0.220. The number of fused-ring (bicyclic) bond motifs is 1. The minimum Gasteiger partial charge on any atom is -0.391 e. The highest BCUT2D eigenvalue weighted by Gasteiger charge is 2.32. The van der Waals surface area contributed by atoms with Crippen molar-refractivity contribution in [3.8, 4) is 0 Å². The van der Waals surface area contributed by atoms with E-state index in [1.807, 2.05) is 25.1 Å². The van der Waals surface area contributed by atoms with Crippen LogP contribution in [-0.4, -0.2) is 44.2 Å². The van der Waals surface area contributed by atoms with E-state index in [2.05, 4.69) is 33.1 Å². The fourth-order valence-electron chi connectivity index (χ4n) is 3.52. The molecule has 5 nitrogen and oxygen atoms in total. The molecule has 4 rings (SSSR count). The molecule has 1 saturated heterocycles. The number of hydrogen-bond acceptors (Lipinski definition) is 4. The van der Waals surface area contributed by atoms with Gasteiger partial charge in [-0.1, -0.05) is 24.3 Å². The van der Waals surface area contributed by atoms with Crippen molar-refractivity contribution >= 4 is 10.9 Å². The van der Waals surface area contributed by atoms with Crippen LogP contribution in [0, 0.1) is 12.8 Å². The second-order valence-electron chi connectivity index (χ2n) is 6.70. The number of hydrogen-bond donors (Lipinski definition) is 2. The molecule has 1 aliphatic rings. The van der Waals surface area contributed by atoms with Gasteiger partial charge in [0.1, 0.15) is 0 Å². The van der Waals surface area contributed by atoms with Gasteiger partial charge in [0.05, 0.1) is 23.6 Å². The van der Waals surface area contributed by atoms with Crippen molar-refractivity contribution in [3.63, 3.8) is 0 Å². The normalized spacial score (nSPS) is 21.6. The summed E-state index contributed by atoms with van der Waals surface area (Å²) in [5.74, 6) is 0.220. The Bertz CT molecular complexity index is 844. The summed E-state index contributed by atoms with van der Waals surface area (Å²) in [6.07, 6.45) is 2.23. The largest absolute Gasteiger partial charge is 0.391 e. The third-order valence-electron chi connectivity index (χ3n) is 4.92. The summed E-state index contributed by atoms with van der Waals surface area (Å²) in [7, 11) is 0. The first kappa shape index (κ1) is 15.3. The number of para-hydroxylation sites is 1. The SMILES string of the molecule is Cc1[nH]cnc1CN1C[C@@H](Cc2ccc3ccccc3n2)[C@H](O)C1. The van der Waals surface area contributed by atoms with Gasteiger partial charge in [-0.05, 0) is 25.5 Å². The summed E-state index contributed by atoms with van der Waals surface area (Å²) in [6, 6.07) is 12.3. The molecule has 0 saturated carbocycles. The number of pyridine rings is 1. The van der Waals surface area contributed by atoms with Crippen LogP contribution in [0.25, 0.3) is 10.9 Å². The van der Waals surface area contributed by atoms with Crippen LogP contribution < -0.4 is 0 Å². The zero-order valence-electron chi connectivity index (χ0n) is 13.8. The average Bonchev–Trinajstić information content (AvgIpc) is 3.14. The zero-order chi connectivity index (χ0) is 16.5. The lowest BCUT2D eigenvalue weighted by Gasteiger charge is -2.15. The molecular weight excluding hydrogens is 300 g/mol. The van der Waals surface area contributed by atoms with Gasteiger partial charge < -0.3 is 10.1 Å². The predicted molar refractivity (Wildman–Crippen MR) is 93.5 cm³/mol. The van der Waals surface area contributed by atoms with Crippen molar-refractivity contribution in [2.45, 2.75) is 26.0 Å². The zero-order valence-corrected chi connectivity index (χ0v) is 13.8. The number of nitrogens with one attached hydrogen (secondary N) is 1. The van der Waals surface area contributed by atoms with Gasteiger partial charge in [-0.15, -0.1) is 0 Å². The fourth-order valence-corrected chi connectivity index (χ4v) is 3.52. The smallest absolute Gasteiger partial charge is 0.0925 e. The Labute approximate surface area is 141 Å². The average molecular weight is 322 g/mol. The Morgan fingerprint density at radius 3 is 2.92 bits per heavy atom. The number of nitrogens with zero attached hydrogens (tertiary/aromatic N) is 3. The first-order valence-electron chi connectivity index (χ1n) is 8.43. The maximum Gasteiger partial charge on any atom is 0.0925 e. The van der Waals surface area contributed by atoms with Crippen molar-refractivity contribution in [2.24, 2.45) is 5.92 Å². The van der Waals surface area contributed by atoms with Crippen LogP contribution in [-0.2, 0) is 13.0 Å². The van der Waals surface area contributed by atoms with Gasteiger partial charge >= 0.3 is 0 Å². The molecule has 5 heteroatoms. The van der Waals surface area contributed by atoms with Crippen molar-refractivity contribution in [3.05, 3.63) is 59.8 Å². The Balaban J connectivity index is 1.45. The number of rotatable bonds is 4. The van der Waals surface area contributed by atoms with Gasteiger partial charge in [-0.25, -0.2) is 4.98 Å². The predicted octanol–water partition coefficient (Wildman–Crippen LogP) is 2.30. The van der Waals surface area contributed by atoms with Crippen LogP contribution in [0.2, 0.25) is 0 Å². The van der Waals surface area contributed by atoms with E-state index in [1.54, 1.807) is 6.33 Å². The lowest BCUT2D eigenvalue weighted by molar-refractivity contribution is 0.140. The first-order chi connectivity index (χ1) is 11.7. The third kappa shape index (κ3) is 3.05. The summed E-state index contributed by atoms with van der Waals surface area (Å²) in [6.45, 7) is 4.39. The van der Waals surface area contributed by atoms with Crippen molar-refractivity contribution in [2.75, 3.05) is 13.1 Å². The van der Waals surface area contributed by atoms with Gasteiger partial charge in [0.25, 0.3) is 0 Å². The number of imidazole rings is 1. The van der Waals surface area contributed by atoms with Gasteiger partial charge in [0, 0.05) is 42.3 Å². The number of aromatic amines is 1. The van der Waals surface area contributed by atoms with E-state index in [0.717, 1.165) is 47.5 Å². The maximum atomic E-state index is 10.4. The lowest BCUT2D eigenvalue weighted by Crippen LogP contribution is -2.22. The standard InChI is InChI=1S/C19H22N4O/c1-13-18(21-12-20-13)10-23-9-15(19(24)11-23)8-16-7-6-14-4-2-3-5-17(14)22-16/h2-7,12,15,19,24H,8-11H2,1H3,(H,20,21)/t15-,19-/m1/s1. The number of benzene rings is 1. The highest BCUT2D eigenvalue weighted by molar-refractivity contribution is 5.78. The maximum absolute atomic E-state index is 10.4. The van der Waals surface area contributed by atoms with Crippen LogP contribution in [0.3, 0.4) is 0 Å². The topological polar surface area (TPSA) is 65.0 Å². The van der Waals surface area contributed by atoms with E-state index < -0.39 is 0 Å². The van der Waals surface area contributed by atoms with Crippen LogP contribution in [0.15, 0.2) is 42.7 Å². The van der Waals surface area contributed by atoms with E-state index in [9.17, 15) is 5.11 Å². The fraction of sp³-hybridized carbons (Fsp3) is 0.368. The molecule has 2 aromatic heterocycles. The Hall–Kier alpha value is -2.24. The molecule has 124 valence electrons. The van der Waals surface area contributed by atoms with Gasteiger partial charge in [0.15, 0.2) is 0 Å². The molecule has 0 bridgehead atoms. The molecule has 1 aliphatic heterocycles. The van der Waals surface area contributed by atoms with Gasteiger partial charge in [0.2, 0.25) is 0 Å². The minimum atomic E-state index is -0.308.